The van der Waals surface area contributed by atoms with Gasteiger partial charge < -0.3 is 10.2 Å². The molecule has 1 aromatic heterocycles. The van der Waals surface area contributed by atoms with E-state index in [1.54, 1.807) is 19.1 Å². The van der Waals surface area contributed by atoms with Crippen LogP contribution in [-0.4, -0.2) is 16.5 Å². The van der Waals surface area contributed by atoms with E-state index in [0.29, 0.717) is 30.5 Å². The molecule has 0 fully saturated rings. The summed E-state index contributed by atoms with van der Waals surface area (Å²) in [6, 6.07) is 16.9. The summed E-state index contributed by atoms with van der Waals surface area (Å²) in [5, 5.41) is 2.81. The lowest BCUT2D eigenvalue weighted by Gasteiger charge is -2.22. The molecule has 0 aliphatic rings. The lowest BCUT2D eigenvalue weighted by molar-refractivity contribution is -0.136. The van der Waals surface area contributed by atoms with E-state index in [0.717, 1.165) is 11.6 Å². The predicted molar refractivity (Wildman–Crippen MR) is 105 cm³/mol. The molecule has 1 heterocycles. The smallest absolute Gasteiger partial charge is 0.340 e. The Labute approximate surface area is 162 Å². The highest BCUT2D eigenvalue weighted by Gasteiger charge is 2.33. The van der Waals surface area contributed by atoms with Gasteiger partial charge in [0.25, 0.3) is 0 Å². The Morgan fingerprint density at radius 3 is 2.32 bits per heavy atom. The standard InChI is InChI=1S/C21H21F3N4/c1-3-28(14-16-9-5-4-6-10-16)20-25-15(2)13-19(27-20)26-18-12-8-7-11-17(18)21(22,23)24/h4-13H,3,14H2,1-2H3,(H,25,26,27). The van der Waals surface area contributed by atoms with Crippen LogP contribution in [0.15, 0.2) is 60.7 Å². The molecular formula is C21H21F3N4. The zero-order valence-electron chi connectivity index (χ0n) is 15.7. The second-order valence-corrected chi connectivity index (χ2v) is 6.36. The van der Waals surface area contributed by atoms with Gasteiger partial charge in [-0.1, -0.05) is 42.5 Å². The number of para-hydroxylation sites is 1. The van der Waals surface area contributed by atoms with Crippen molar-refractivity contribution in [3.05, 3.63) is 77.5 Å². The van der Waals surface area contributed by atoms with Crippen molar-refractivity contribution in [3.63, 3.8) is 0 Å². The Morgan fingerprint density at radius 1 is 0.964 bits per heavy atom. The molecule has 0 aliphatic carbocycles. The lowest BCUT2D eigenvalue weighted by atomic mass is 10.1. The number of halogens is 3. The minimum absolute atomic E-state index is 0.0369. The topological polar surface area (TPSA) is 41.1 Å². The molecular weight excluding hydrogens is 365 g/mol. The molecule has 0 unspecified atom stereocenters. The summed E-state index contributed by atoms with van der Waals surface area (Å²) in [5.41, 5.74) is 1.00. The number of alkyl halides is 3. The largest absolute Gasteiger partial charge is 0.418 e. The van der Waals surface area contributed by atoms with E-state index in [4.69, 9.17) is 0 Å². The number of anilines is 3. The van der Waals surface area contributed by atoms with Crippen LogP contribution in [0.25, 0.3) is 0 Å². The second-order valence-electron chi connectivity index (χ2n) is 6.36. The van der Waals surface area contributed by atoms with E-state index < -0.39 is 11.7 Å². The van der Waals surface area contributed by atoms with E-state index in [-0.39, 0.29) is 5.69 Å². The van der Waals surface area contributed by atoms with Gasteiger partial charge in [0.2, 0.25) is 5.95 Å². The molecule has 2 aromatic carbocycles. The van der Waals surface area contributed by atoms with Gasteiger partial charge in [-0.2, -0.15) is 18.2 Å². The number of hydrogen-bond acceptors (Lipinski definition) is 4. The Hall–Kier alpha value is -3.09. The molecule has 7 heteroatoms. The van der Waals surface area contributed by atoms with Gasteiger partial charge in [-0.05, 0) is 31.5 Å². The Kier molecular flexibility index (Phi) is 5.82. The minimum atomic E-state index is -4.45. The van der Waals surface area contributed by atoms with E-state index in [1.165, 1.54) is 12.1 Å². The first-order valence-electron chi connectivity index (χ1n) is 8.94. The molecule has 0 saturated carbocycles. The zero-order chi connectivity index (χ0) is 20.1. The minimum Gasteiger partial charge on any atom is -0.340 e. The normalized spacial score (nSPS) is 11.3. The third-order valence-electron chi connectivity index (χ3n) is 4.22. The van der Waals surface area contributed by atoms with Crippen LogP contribution >= 0.6 is 0 Å². The number of hydrogen-bond donors (Lipinski definition) is 1. The van der Waals surface area contributed by atoms with Crippen LogP contribution in [0.2, 0.25) is 0 Å². The Balaban J connectivity index is 1.90. The molecule has 28 heavy (non-hydrogen) atoms. The van der Waals surface area contributed by atoms with Crippen LogP contribution in [0.3, 0.4) is 0 Å². The Morgan fingerprint density at radius 2 is 1.64 bits per heavy atom. The van der Waals surface area contributed by atoms with E-state index in [9.17, 15) is 13.2 Å². The highest BCUT2D eigenvalue weighted by Crippen LogP contribution is 2.35. The highest BCUT2D eigenvalue weighted by atomic mass is 19.4. The fourth-order valence-electron chi connectivity index (χ4n) is 2.86. The van der Waals surface area contributed by atoms with Crippen LogP contribution in [0.1, 0.15) is 23.7 Å². The molecule has 1 N–H and O–H groups in total. The van der Waals surface area contributed by atoms with Crippen LogP contribution < -0.4 is 10.2 Å². The third-order valence-corrected chi connectivity index (χ3v) is 4.22. The lowest BCUT2D eigenvalue weighted by Crippen LogP contribution is -2.24. The molecule has 0 radical (unpaired) electrons. The molecule has 0 atom stereocenters. The van der Waals surface area contributed by atoms with Crippen molar-refractivity contribution >= 4 is 17.5 Å². The van der Waals surface area contributed by atoms with Crippen LogP contribution in [-0.2, 0) is 12.7 Å². The number of aromatic nitrogens is 2. The van der Waals surface area contributed by atoms with Gasteiger partial charge in [0.1, 0.15) is 5.82 Å². The first-order valence-corrected chi connectivity index (χ1v) is 8.94. The molecule has 3 aromatic rings. The molecule has 0 bridgehead atoms. The van der Waals surface area contributed by atoms with Gasteiger partial charge in [0.15, 0.2) is 0 Å². The Bertz CT molecular complexity index is 926. The van der Waals surface area contributed by atoms with Gasteiger partial charge in [-0.25, -0.2) is 4.98 Å². The monoisotopic (exact) mass is 386 g/mol. The maximum Gasteiger partial charge on any atom is 0.418 e. The SMILES string of the molecule is CCN(Cc1ccccc1)c1nc(C)cc(Nc2ccccc2C(F)(F)F)n1. The van der Waals surface area contributed by atoms with Gasteiger partial charge in [0.05, 0.1) is 11.3 Å². The van der Waals surface area contributed by atoms with Crippen LogP contribution in [0.4, 0.5) is 30.6 Å². The van der Waals surface area contributed by atoms with Crippen LogP contribution in [0.5, 0.6) is 0 Å². The highest BCUT2D eigenvalue weighted by molar-refractivity contribution is 5.62. The molecule has 0 amide bonds. The van der Waals surface area contributed by atoms with E-state index in [1.807, 2.05) is 42.2 Å². The fourth-order valence-corrected chi connectivity index (χ4v) is 2.86. The van der Waals surface area contributed by atoms with Gasteiger partial charge in [-0.3, -0.25) is 0 Å². The van der Waals surface area contributed by atoms with Gasteiger partial charge >= 0.3 is 6.18 Å². The summed E-state index contributed by atoms with van der Waals surface area (Å²) in [6.07, 6.45) is -4.45. The number of aryl methyl sites for hydroxylation is 1. The quantitative estimate of drug-likeness (QED) is 0.601. The summed E-state index contributed by atoms with van der Waals surface area (Å²) < 4.78 is 39.8. The van der Waals surface area contributed by atoms with Crippen molar-refractivity contribution in [2.24, 2.45) is 0 Å². The zero-order valence-corrected chi connectivity index (χ0v) is 15.7. The average molecular weight is 386 g/mol. The summed E-state index contributed by atoms with van der Waals surface area (Å²) in [6.45, 7) is 5.05. The van der Waals surface area contributed by atoms with Crippen molar-refractivity contribution in [1.29, 1.82) is 0 Å². The molecule has 4 nitrogen and oxygen atoms in total. The molecule has 146 valence electrons. The van der Waals surface area contributed by atoms with Crippen molar-refractivity contribution in [2.45, 2.75) is 26.6 Å². The fraction of sp³-hybridized carbons (Fsp3) is 0.238. The van der Waals surface area contributed by atoms with E-state index in [2.05, 4.69) is 15.3 Å². The third kappa shape index (κ3) is 4.79. The number of nitrogens with one attached hydrogen (secondary N) is 1. The maximum absolute atomic E-state index is 13.3. The van der Waals surface area contributed by atoms with E-state index >= 15 is 0 Å². The van der Waals surface area contributed by atoms with Crippen molar-refractivity contribution in [2.75, 3.05) is 16.8 Å². The molecule has 0 saturated heterocycles. The summed E-state index contributed by atoms with van der Waals surface area (Å²) >= 11 is 0. The van der Waals surface area contributed by atoms with Crippen molar-refractivity contribution in [1.82, 2.24) is 9.97 Å². The number of nitrogens with zero attached hydrogens (tertiary/aromatic N) is 3. The van der Waals surface area contributed by atoms with Gasteiger partial charge in [0, 0.05) is 24.8 Å². The average Bonchev–Trinajstić information content (AvgIpc) is 2.66. The summed E-state index contributed by atoms with van der Waals surface area (Å²) in [5.74, 6) is 0.795. The second kappa shape index (κ2) is 8.29. The predicted octanol–water partition coefficient (Wildman–Crippen LogP) is 5.57. The summed E-state index contributed by atoms with van der Waals surface area (Å²) in [4.78, 5) is 10.9. The number of benzene rings is 2. The molecule has 0 spiro atoms. The molecule has 0 aliphatic heterocycles. The summed E-state index contributed by atoms with van der Waals surface area (Å²) in [7, 11) is 0. The first-order chi connectivity index (χ1) is 13.4. The van der Waals surface area contributed by atoms with Crippen molar-refractivity contribution in [3.8, 4) is 0 Å². The maximum atomic E-state index is 13.3. The molecule has 3 rings (SSSR count). The number of rotatable bonds is 6. The van der Waals surface area contributed by atoms with Gasteiger partial charge in [-0.15, -0.1) is 0 Å². The van der Waals surface area contributed by atoms with Crippen LogP contribution in [0, 0.1) is 6.92 Å². The van der Waals surface area contributed by atoms with Crippen molar-refractivity contribution < 1.29 is 13.2 Å². The first kappa shape index (κ1) is 19.7.